The molecule has 4 aliphatic carbocycles. The summed E-state index contributed by atoms with van der Waals surface area (Å²) in [5.74, 6) is 1.88. The fourth-order valence-electron chi connectivity index (χ4n) is 10.7. The molecule has 6 rings (SSSR count). The van der Waals surface area contributed by atoms with Crippen LogP contribution in [0.3, 0.4) is 0 Å². The van der Waals surface area contributed by atoms with E-state index in [0.717, 1.165) is 50.0 Å². The summed E-state index contributed by atoms with van der Waals surface area (Å²) in [6.45, 7) is 12.2. The third kappa shape index (κ3) is 8.87. The minimum absolute atomic E-state index is 0.0102. The van der Waals surface area contributed by atoms with Crippen molar-refractivity contribution in [3.8, 4) is 0 Å². The maximum absolute atomic E-state index is 12.5. The number of carbonyl (C=O) groups is 2. The van der Waals surface area contributed by atoms with E-state index in [0.29, 0.717) is 29.6 Å². The zero-order chi connectivity index (χ0) is 38.0. The molecule has 5 aliphatic rings. The van der Waals surface area contributed by atoms with Crippen LogP contribution in [-0.4, -0.2) is 58.2 Å². The molecule has 1 aromatic rings. The second kappa shape index (κ2) is 16.5. The standard InChI is InChI=1S/C43H60O9S/c1-28-11-14-34(15-12-28)53(46,47)49-25-9-7-8-10-29(2)36-17-18-37-35-16-13-32-26-33(21-23-42(32,5)38(35)22-24-43(36,37)6)51-41-20-19-39(50-31(4)45)40(52-41)27-48-30(3)44/h10-15,19-20,33,35-41H,7-9,16-18,21-27H2,1-6H3/b29-10+/t33-,35-,36+,37-,38-,39-,40+,41?,42-,43+/m0/s1. The lowest BCUT2D eigenvalue weighted by atomic mass is 9.47. The quantitative estimate of drug-likeness (QED) is 0.0846. The van der Waals surface area contributed by atoms with Crippen LogP contribution >= 0.6 is 0 Å². The van der Waals surface area contributed by atoms with E-state index in [1.165, 1.54) is 50.7 Å². The van der Waals surface area contributed by atoms with Crippen molar-refractivity contribution in [2.45, 2.75) is 142 Å². The van der Waals surface area contributed by atoms with Gasteiger partial charge in [-0.15, -0.1) is 0 Å². The van der Waals surface area contributed by atoms with Crippen LogP contribution in [-0.2, 0) is 42.8 Å². The molecule has 0 bridgehead atoms. The summed E-state index contributed by atoms with van der Waals surface area (Å²) in [6.07, 6.45) is 18.4. The van der Waals surface area contributed by atoms with Gasteiger partial charge in [0, 0.05) is 13.8 Å². The third-order valence-electron chi connectivity index (χ3n) is 13.4. The Kier molecular flexibility index (Phi) is 12.4. The van der Waals surface area contributed by atoms with Gasteiger partial charge in [-0.2, -0.15) is 8.42 Å². The SMILES string of the molecule is CC(=O)OC[C@H]1OC(O[C@H]2CC[C@@]3(C)C(=CC[C@H]4[C@@H]5CC[C@H](/C(C)=C/CCCCOS(=O)(=O)c6ccc(C)cc6)[C@@]5(C)CC[C@@H]43)C2)C=C[C@@H]1OC(C)=O. The Morgan fingerprint density at radius 3 is 2.45 bits per heavy atom. The molecule has 292 valence electrons. The monoisotopic (exact) mass is 752 g/mol. The molecule has 9 nitrogen and oxygen atoms in total. The maximum Gasteiger partial charge on any atom is 0.303 e. The zero-order valence-electron chi connectivity index (χ0n) is 32.5. The summed E-state index contributed by atoms with van der Waals surface area (Å²) in [6, 6.07) is 6.79. The highest BCUT2D eigenvalue weighted by atomic mass is 32.2. The van der Waals surface area contributed by atoms with Gasteiger partial charge in [0.1, 0.15) is 18.8 Å². The number of ether oxygens (including phenoxy) is 4. The number of unbranched alkanes of at least 4 members (excludes halogenated alkanes) is 2. The third-order valence-corrected chi connectivity index (χ3v) is 14.8. The van der Waals surface area contributed by atoms with Crippen molar-refractivity contribution in [3.63, 3.8) is 0 Å². The normalized spacial score (nSPS) is 35.4. The van der Waals surface area contributed by atoms with Gasteiger partial charge < -0.3 is 18.9 Å². The molecular weight excluding hydrogens is 693 g/mol. The molecule has 1 aromatic carbocycles. The summed E-state index contributed by atoms with van der Waals surface area (Å²) in [5.41, 5.74) is 4.55. The largest absolute Gasteiger partial charge is 0.463 e. The summed E-state index contributed by atoms with van der Waals surface area (Å²) >= 11 is 0. The van der Waals surface area contributed by atoms with Gasteiger partial charge in [0.2, 0.25) is 0 Å². The van der Waals surface area contributed by atoms with Crippen LogP contribution in [0, 0.1) is 41.4 Å². The summed E-state index contributed by atoms with van der Waals surface area (Å²) in [7, 11) is -3.71. The molecule has 0 aromatic heterocycles. The van der Waals surface area contributed by atoms with Crippen LogP contribution in [0.25, 0.3) is 0 Å². The molecule has 10 atom stereocenters. The number of rotatable bonds is 13. The predicted molar refractivity (Wildman–Crippen MR) is 202 cm³/mol. The number of aryl methyl sites for hydroxylation is 1. The Balaban J connectivity index is 1.01. The number of fused-ring (bicyclic) bond motifs is 5. The van der Waals surface area contributed by atoms with Crippen molar-refractivity contribution in [1.29, 1.82) is 0 Å². The highest BCUT2D eigenvalue weighted by molar-refractivity contribution is 7.86. The van der Waals surface area contributed by atoms with Crippen molar-refractivity contribution < 1.29 is 41.1 Å². The fourth-order valence-corrected chi connectivity index (χ4v) is 11.6. The summed E-state index contributed by atoms with van der Waals surface area (Å²) < 4.78 is 53.6. The van der Waals surface area contributed by atoms with Gasteiger partial charge in [0.05, 0.1) is 17.6 Å². The van der Waals surface area contributed by atoms with Gasteiger partial charge in [-0.3, -0.25) is 13.8 Å². The number of hydrogen-bond acceptors (Lipinski definition) is 9. The predicted octanol–water partition coefficient (Wildman–Crippen LogP) is 8.56. The number of carbonyl (C=O) groups excluding carboxylic acids is 2. The number of hydrogen-bond donors (Lipinski definition) is 0. The average Bonchev–Trinajstić information content (AvgIpc) is 3.47. The van der Waals surface area contributed by atoms with Crippen molar-refractivity contribution in [3.05, 3.63) is 65.3 Å². The highest BCUT2D eigenvalue weighted by Gasteiger charge is 2.58. The van der Waals surface area contributed by atoms with Gasteiger partial charge >= 0.3 is 11.9 Å². The molecule has 0 spiro atoms. The van der Waals surface area contributed by atoms with Crippen LogP contribution in [0.1, 0.15) is 111 Å². The zero-order valence-corrected chi connectivity index (χ0v) is 33.3. The van der Waals surface area contributed by atoms with E-state index < -0.39 is 40.6 Å². The van der Waals surface area contributed by atoms with E-state index in [1.807, 2.05) is 6.92 Å². The molecule has 0 saturated heterocycles. The minimum Gasteiger partial charge on any atom is -0.463 e. The maximum atomic E-state index is 12.5. The first-order chi connectivity index (χ1) is 25.2. The Labute approximate surface area is 317 Å². The Morgan fingerprint density at radius 2 is 1.72 bits per heavy atom. The number of benzene rings is 1. The van der Waals surface area contributed by atoms with Gasteiger partial charge in [0.15, 0.2) is 6.29 Å². The highest BCUT2D eigenvalue weighted by Crippen LogP contribution is 2.67. The second-order valence-corrected chi connectivity index (χ2v) is 18.4. The minimum atomic E-state index is -3.71. The van der Waals surface area contributed by atoms with Crippen LogP contribution in [0.5, 0.6) is 0 Å². The van der Waals surface area contributed by atoms with E-state index in [9.17, 15) is 18.0 Å². The Morgan fingerprint density at radius 1 is 0.943 bits per heavy atom. The van der Waals surface area contributed by atoms with Crippen molar-refractivity contribution >= 4 is 22.1 Å². The molecule has 0 amide bonds. The number of esters is 2. The van der Waals surface area contributed by atoms with Crippen LogP contribution in [0.15, 0.2) is 64.6 Å². The lowest BCUT2D eigenvalue weighted by Crippen LogP contribution is -2.51. The van der Waals surface area contributed by atoms with Gasteiger partial charge in [0.25, 0.3) is 10.1 Å². The average molecular weight is 753 g/mol. The van der Waals surface area contributed by atoms with Crippen molar-refractivity contribution in [2.75, 3.05) is 13.2 Å². The summed E-state index contributed by atoms with van der Waals surface area (Å²) in [5, 5.41) is 0. The molecule has 1 unspecified atom stereocenters. The molecule has 1 aliphatic heterocycles. The van der Waals surface area contributed by atoms with E-state index in [4.69, 9.17) is 23.1 Å². The lowest BCUT2D eigenvalue weighted by molar-refractivity contribution is -0.213. The fraction of sp³-hybridized carbons (Fsp3) is 0.674. The van der Waals surface area contributed by atoms with Crippen LogP contribution < -0.4 is 0 Å². The molecule has 3 fully saturated rings. The van der Waals surface area contributed by atoms with E-state index in [2.05, 4.69) is 32.9 Å². The summed E-state index contributed by atoms with van der Waals surface area (Å²) in [4.78, 5) is 23.3. The lowest BCUT2D eigenvalue weighted by Gasteiger charge is -2.58. The molecular formula is C43H60O9S. The first kappa shape index (κ1) is 39.9. The van der Waals surface area contributed by atoms with Gasteiger partial charge in [-0.1, -0.05) is 54.8 Å². The van der Waals surface area contributed by atoms with Gasteiger partial charge in [-0.05, 0) is 143 Å². The number of allylic oxidation sites excluding steroid dienone is 3. The van der Waals surface area contributed by atoms with Crippen LogP contribution in [0.2, 0.25) is 0 Å². The van der Waals surface area contributed by atoms with E-state index in [1.54, 1.807) is 36.4 Å². The van der Waals surface area contributed by atoms with Crippen molar-refractivity contribution in [2.24, 2.45) is 34.5 Å². The molecule has 0 N–H and O–H groups in total. The molecule has 53 heavy (non-hydrogen) atoms. The molecule has 10 heteroatoms. The first-order valence-corrected chi connectivity index (χ1v) is 21.2. The van der Waals surface area contributed by atoms with Crippen molar-refractivity contribution in [1.82, 2.24) is 0 Å². The molecule has 1 heterocycles. The van der Waals surface area contributed by atoms with Crippen LogP contribution in [0.4, 0.5) is 0 Å². The topological polar surface area (TPSA) is 114 Å². The van der Waals surface area contributed by atoms with E-state index >= 15 is 0 Å². The van der Waals surface area contributed by atoms with E-state index in [-0.39, 0.29) is 29.6 Å². The molecule has 0 radical (unpaired) electrons. The Bertz CT molecular complexity index is 1680. The first-order valence-electron chi connectivity index (χ1n) is 19.8. The Hall–Kier alpha value is -2.79. The van der Waals surface area contributed by atoms with Gasteiger partial charge in [-0.25, -0.2) is 0 Å². The smallest absolute Gasteiger partial charge is 0.303 e. The second-order valence-electron chi connectivity index (χ2n) is 16.8. The molecule has 3 saturated carbocycles.